The molecular formula is C18H27N2O2+. The number of ether oxygens (including phenoxy) is 1. The Morgan fingerprint density at radius 2 is 1.86 bits per heavy atom. The number of hydrogen-bond donors (Lipinski definition) is 1. The average Bonchev–Trinajstić information content (AvgIpc) is 2.52. The zero-order chi connectivity index (χ0) is 15.7. The molecule has 4 atom stereocenters. The molecule has 1 aromatic carbocycles. The molecule has 4 nitrogen and oxygen atoms in total. The van der Waals surface area contributed by atoms with Crippen LogP contribution in [0.15, 0.2) is 24.3 Å². The fourth-order valence-electron chi connectivity index (χ4n) is 3.78. The van der Waals surface area contributed by atoms with Crippen LogP contribution in [0.4, 0.5) is 0 Å². The first-order chi connectivity index (χ1) is 10.5. The highest BCUT2D eigenvalue weighted by Gasteiger charge is 2.34. The number of morpholine rings is 1. The van der Waals surface area contributed by atoms with Gasteiger partial charge in [-0.25, -0.2) is 0 Å². The van der Waals surface area contributed by atoms with Crippen LogP contribution >= 0.6 is 0 Å². The molecule has 0 radical (unpaired) electrons. The normalized spacial score (nSPS) is 29.8. The summed E-state index contributed by atoms with van der Waals surface area (Å²) in [5, 5.41) is 0. The van der Waals surface area contributed by atoms with Crippen molar-refractivity contribution in [3.8, 4) is 0 Å². The molecular weight excluding hydrogens is 276 g/mol. The molecule has 4 heteroatoms. The monoisotopic (exact) mass is 303 g/mol. The highest BCUT2D eigenvalue weighted by Crippen LogP contribution is 2.13. The van der Waals surface area contributed by atoms with E-state index < -0.39 is 0 Å². The Labute approximate surface area is 133 Å². The van der Waals surface area contributed by atoms with E-state index in [1.165, 1.54) is 16.0 Å². The second-order valence-corrected chi connectivity index (χ2v) is 6.83. The van der Waals surface area contributed by atoms with Gasteiger partial charge in [-0.1, -0.05) is 24.3 Å². The molecule has 1 fully saturated rings. The van der Waals surface area contributed by atoms with E-state index in [0.717, 1.165) is 32.6 Å². The van der Waals surface area contributed by atoms with Crippen LogP contribution in [0.25, 0.3) is 0 Å². The quantitative estimate of drug-likeness (QED) is 0.870. The first-order valence-corrected chi connectivity index (χ1v) is 8.40. The molecule has 120 valence electrons. The van der Waals surface area contributed by atoms with Gasteiger partial charge in [0.25, 0.3) is 5.91 Å². The minimum absolute atomic E-state index is 0.0193. The van der Waals surface area contributed by atoms with Gasteiger partial charge in [0.2, 0.25) is 0 Å². The third-order valence-electron chi connectivity index (χ3n) is 4.97. The van der Waals surface area contributed by atoms with Crippen LogP contribution in [-0.2, 0) is 22.5 Å². The minimum Gasteiger partial charge on any atom is -0.372 e. The van der Waals surface area contributed by atoms with E-state index in [1.807, 2.05) is 18.7 Å². The average molecular weight is 303 g/mol. The molecule has 1 amide bonds. The van der Waals surface area contributed by atoms with Crippen LogP contribution < -0.4 is 4.90 Å². The molecule has 0 saturated carbocycles. The minimum atomic E-state index is 0.0193. The van der Waals surface area contributed by atoms with Crippen LogP contribution in [-0.4, -0.2) is 48.7 Å². The fraction of sp³-hybridized carbons (Fsp3) is 0.611. The van der Waals surface area contributed by atoms with Gasteiger partial charge in [-0.15, -0.1) is 0 Å². The van der Waals surface area contributed by atoms with Crippen LogP contribution in [0.1, 0.15) is 31.9 Å². The molecule has 3 rings (SSSR count). The van der Waals surface area contributed by atoms with Gasteiger partial charge >= 0.3 is 0 Å². The number of fused-ring (bicyclic) bond motifs is 1. The smallest absolute Gasteiger partial charge is 0.280 e. The topological polar surface area (TPSA) is 34.0 Å². The summed E-state index contributed by atoms with van der Waals surface area (Å²) in [6.45, 7) is 9.61. The second kappa shape index (κ2) is 6.39. The Hall–Kier alpha value is -1.39. The lowest BCUT2D eigenvalue weighted by molar-refractivity contribution is -0.930. The molecule has 0 bridgehead atoms. The van der Waals surface area contributed by atoms with Crippen LogP contribution in [0.2, 0.25) is 0 Å². The maximum Gasteiger partial charge on any atom is 0.280 e. The maximum atomic E-state index is 12.8. The van der Waals surface area contributed by atoms with Gasteiger partial charge < -0.3 is 14.5 Å². The molecule has 0 spiro atoms. The molecule has 0 aliphatic carbocycles. The van der Waals surface area contributed by atoms with Crippen molar-refractivity contribution in [2.45, 2.75) is 52.0 Å². The number of carbonyl (C=O) groups is 1. The van der Waals surface area contributed by atoms with E-state index in [0.29, 0.717) is 0 Å². The number of carbonyl (C=O) groups excluding carboxylic acids is 1. The van der Waals surface area contributed by atoms with Crippen molar-refractivity contribution in [2.75, 3.05) is 19.6 Å². The summed E-state index contributed by atoms with van der Waals surface area (Å²) in [6, 6.07) is 8.63. The van der Waals surface area contributed by atoms with Crippen molar-refractivity contribution in [3.63, 3.8) is 0 Å². The summed E-state index contributed by atoms with van der Waals surface area (Å²) in [5.41, 5.74) is 2.84. The predicted octanol–water partition coefficient (Wildman–Crippen LogP) is 0.652. The van der Waals surface area contributed by atoms with Gasteiger partial charge in [0.05, 0.1) is 18.8 Å². The van der Waals surface area contributed by atoms with E-state index >= 15 is 0 Å². The van der Waals surface area contributed by atoms with Crippen molar-refractivity contribution >= 4 is 5.91 Å². The SMILES string of the molecule is C[C@@H]1CN(C(=O)[C@@H](C)[NH+]2CCc3ccccc3C2)C[C@@H](C)O1. The van der Waals surface area contributed by atoms with Gasteiger partial charge in [0, 0.05) is 25.1 Å². The van der Waals surface area contributed by atoms with Crippen LogP contribution in [0, 0.1) is 0 Å². The standard InChI is InChI=1S/C18H26N2O2/c1-13-10-20(11-14(2)22-13)18(21)15(3)19-9-8-16-6-4-5-7-17(16)12-19/h4-7,13-15H,8-12H2,1-3H3/p+1/t13-,14-,15-/m1/s1. The molecule has 2 aliphatic rings. The van der Waals surface area contributed by atoms with Crippen molar-refractivity contribution in [3.05, 3.63) is 35.4 Å². The number of rotatable bonds is 2. The molecule has 1 aromatic rings. The van der Waals surface area contributed by atoms with Gasteiger partial charge in [-0.05, 0) is 26.3 Å². The van der Waals surface area contributed by atoms with Crippen LogP contribution in [0.5, 0.6) is 0 Å². The van der Waals surface area contributed by atoms with Crippen LogP contribution in [0.3, 0.4) is 0 Å². The van der Waals surface area contributed by atoms with E-state index in [1.54, 1.807) is 0 Å². The van der Waals surface area contributed by atoms with E-state index in [2.05, 4.69) is 31.2 Å². The van der Waals surface area contributed by atoms with E-state index in [4.69, 9.17) is 4.74 Å². The van der Waals surface area contributed by atoms with Gasteiger partial charge in [0.1, 0.15) is 6.54 Å². The molecule has 22 heavy (non-hydrogen) atoms. The van der Waals surface area contributed by atoms with Crippen molar-refractivity contribution in [1.29, 1.82) is 0 Å². The Bertz CT molecular complexity index is 536. The zero-order valence-corrected chi connectivity index (χ0v) is 13.8. The largest absolute Gasteiger partial charge is 0.372 e. The number of amides is 1. The molecule has 2 aliphatic heterocycles. The first-order valence-electron chi connectivity index (χ1n) is 8.40. The Morgan fingerprint density at radius 1 is 1.23 bits per heavy atom. The van der Waals surface area contributed by atoms with E-state index in [-0.39, 0.29) is 24.2 Å². The number of benzene rings is 1. The van der Waals surface area contributed by atoms with Crippen molar-refractivity contribution in [1.82, 2.24) is 4.90 Å². The fourth-order valence-corrected chi connectivity index (χ4v) is 3.78. The summed E-state index contributed by atoms with van der Waals surface area (Å²) in [7, 11) is 0. The van der Waals surface area contributed by atoms with Gasteiger partial charge in [0.15, 0.2) is 6.04 Å². The summed E-state index contributed by atoms with van der Waals surface area (Å²) in [6.07, 6.45) is 1.34. The molecule has 0 aromatic heterocycles. The zero-order valence-electron chi connectivity index (χ0n) is 13.8. The number of nitrogens with one attached hydrogen (secondary N) is 1. The van der Waals surface area contributed by atoms with Crippen molar-refractivity contribution in [2.24, 2.45) is 0 Å². The summed E-state index contributed by atoms with van der Waals surface area (Å²) in [5.74, 6) is 0.274. The second-order valence-electron chi connectivity index (χ2n) is 6.83. The Balaban J connectivity index is 1.66. The Morgan fingerprint density at radius 3 is 2.55 bits per heavy atom. The van der Waals surface area contributed by atoms with Gasteiger partial charge in [-0.2, -0.15) is 0 Å². The number of nitrogens with zero attached hydrogens (tertiary/aromatic N) is 1. The predicted molar refractivity (Wildman–Crippen MR) is 85.7 cm³/mol. The van der Waals surface area contributed by atoms with E-state index in [9.17, 15) is 4.79 Å². The summed E-state index contributed by atoms with van der Waals surface area (Å²) >= 11 is 0. The molecule has 1 saturated heterocycles. The number of hydrogen-bond acceptors (Lipinski definition) is 2. The first kappa shape index (κ1) is 15.5. The molecule has 1 N–H and O–H groups in total. The third kappa shape index (κ3) is 3.18. The highest BCUT2D eigenvalue weighted by molar-refractivity contribution is 5.80. The number of quaternary nitrogens is 1. The maximum absolute atomic E-state index is 12.8. The lowest BCUT2D eigenvalue weighted by atomic mass is 9.98. The third-order valence-corrected chi connectivity index (χ3v) is 4.97. The summed E-state index contributed by atoms with van der Waals surface area (Å²) in [4.78, 5) is 16.2. The molecule has 2 heterocycles. The lowest BCUT2D eigenvalue weighted by Gasteiger charge is -2.38. The van der Waals surface area contributed by atoms with Crippen molar-refractivity contribution < 1.29 is 14.4 Å². The molecule has 1 unspecified atom stereocenters. The van der Waals surface area contributed by atoms with Gasteiger partial charge in [-0.3, -0.25) is 4.79 Å². The Kier molecular flexibility index (Phi) is 4.50. The summed E-state index contributed by atoms with van der Waals surface area (Å²) < 4.78 is 5.74. The lowest BCUT2D eigenvalue weighted by Crippen LogP contribution is -3.16. The highest BCUT2D eigenvalue weighted by atomic mass is 16.5.